The summed E-state index contributed by atoms with van der Waals surface area (Å²) in [6.45, 7) is 3.06. The molecule has 2 aromatic rings. The third kappa shape index (κ3) is 3.48. The Labute approximate surface area is 134 Å². The van der Waals surface area contributed by atoms with Crippen LogP contribution < -0.4 is 5.32 Å². The molecule has 1 aliphatic heterocycles. The van der Waals surface area contributed by atoms with Crippen LogP contribution in [0.4, 0.5) is 5.95 Å². The van der Waals surface area contributed by atoms with Crippen molar-refractivity contribution in [3.8, 4) is 0 Å². The molecular weight excluding hydrogens is 294 g/mol. The molecule has 0 aliphatic carbocycles. The van der Waals surface area contributed by atoms with E-state index in [1.54, 1.807) is 6.92 Å². The fourth-order valence-corrected chi connectivity index (χ4v) is 2.79. The molecule has 0 saturated carbocycles. The summed E-state index contributed by atoms with van der Waals surface area (Å²) in [5.41, 5.74) is 3.18. The molecule has 0 spiro atoms. The number of aromatic nitrogens is 2. The maximum Gasteiger partial charge on any atom is 0.339 e. The van der Waals surface area contributed by atoms with E-state index in [0.29, 0.717) is 18.2 Å². The molecule has 0 fully saturated rings. The third-order valence-electron chi connectivity index (χ3n) is 3.99. The molecule has 2 heterocycles. The van der Waals surface area contributed by atoms with Crippen molar-refractivity contribution in [2.24, 2.45) is 0 Å². The minimum Gasteiger partial charge on any atom is -0.478 e. The molecule has 1 unspecified atom stereocenters. The van der Waals surface area contributed by atoms with Gasteiger partial charge in [0.1, 0.15) is 0 Å². The van der Waals surface area contributed by atoms with Crippen LogP contribution in [0.15, 0.2) is 30.5 Å². The van der Waals surface area contributed by atoms with Gasteiger partial charge in [-0.25, -0.2) is 14.8 Å². The van der Waals surface area contributed by atoms with Gasteiger partial charge in [0.25, 0.3) is 0 Å². The maximum absolute atomic E-state index is 11.0. The molecule has 0 bridgehead atoms. The van der Waals surface area contributed by atoms with E-state index in [0.717, 1.165) is 19.4 Å². The Hall–Kier alpha value is -2.47. The molecule has 6 heteroatoms. The number of carboxylic acids is 1. The van der Waals surface area contributed by atoms with Crippen molar-refractivity contribution in [1.29, 1.82) is 0 Å². The molecule has 3 rings (SSSR count). The van der Waals surface area contributed by atoms with Crippen LogP contribution in [-0.4, -0.2) is 34.2 Å². The molecule has 0 amide bonds. The van der Waals surface area contributed by atoms with Gasteiger partial charge in [-0.2, -0.15) is 0 Å². The van der Waals surface area contributed by atoms with Crippen molar-refractivity contribution < 1.29 is 14.6 Å². The van der Waals surface area contributed by atoms with E-state index in [1.165, 1.54) is 17.3 Å². The van der Waals surface area contributed by atoms with Crippen LogP contribution in [0.25, 0.3) is 0 Å². The highest BCUT2D eigenvalue weighted by Crippen LogP contribution is 2.29. The summed E-state index contributed by atoms with van der Waals surface area (Å²) in [5.74, 6) is -0.571. The van der Waals surface area contributed by atoms with Crippen LogP contribution in [-0.2, 0) is 11.2 Å². The number of carboxylic acid groups (broad SMARTS) is 1. The molecule has 1 aromatic carbocycles. The second-order valence-corrected chi connectivity index (χ2v) is 5.52. The van der Waals surface area contributed by atoms with Crippen molar-refractivity contribution in [3.63, 3.8) is 0 Å². The Morgan fingerprint density at radius 3 is 3.04 bits per heavy atom. The number of ether oxygens (including phenoxy) is 1. The molecule has 0 radical (unpaired) electrons. The Balaban J connectivity index is 1.60. The Kier molecular flexibility index (Phi) is 4.52. The standard InChI is InChI=1S/C17H19N3O3/c1-11-14(16(21)22)10-19-17(20-11)18-8-6-15-13-5-3-2-4-12(13)7-9-23-15/h2-5,10,15H,6-9H2,1H3,(H,21,22)(H,18,19,20). The lowest BCUT2D eigenvalue weighted by molar-refractivity contribution is 0.0389. The maximum atomic E-state index is 11.0. The molecule has 1 aliphatic rings. The molecule has 1 aromatic heterocycles. The highest BCUT2D eigenvalue weighted by atomic mass is 16.5. The van der Waals surface area contributed by atoms with E-state index < -0.39 is 5.97 Å². The minimum absolute atomic E-state index is 0.0758. The number of rotatable bonds is 5. The van der Waals surface area contributed by atoms with Gasteiger partial charge >= 0.3 is 5.97 Å². The van der Waals surface area contributed by atoms with Gasteiger partial charge in [-0.3, -0.25) is 0 Å². The van der Waals surface area contributed by atoms with E-state index >= 15 is 0 Å². The van der Waals surface area contributed by atoms with E-state index in [9.17, 15) is 4.79 Å². The minimum atomic E-state index is -1.01. The summed E-state index contributed by atoms with van der Waals surface area (Å²) in [6.07, 6.45) is 3.17. The zero-order valence-electron chi connectivity index (χ0n) is 13.0. The highest BCUT2D eigenvalue weighted by molar-refractivity contribution is 5.88. The van der Waals surface area contributed by atoms with Crippen molar-refractivity contribution in [3.05, 3.63) is 52.8 Å². The Morgan fingerprint density at radius 2 is 2.26 bits per heavy atom. The zero-order valence-corrected chi connectivity index (χ0v) is 13.0. The number of nitrogens with zero attached hydrogens (tertiary/aromatic N) is 2. The quantitative estimate of drug-likeness (QED) is 0.882. The van der Waals surface area contributed by atoms with E-state index in [1.807, 2.05) is 6.07 Å². The van der Waals surface area contributed by atoms with E-state index in [-0.39, 0.29) is 11.7 Å². The van der Waals surface area contributed by atoms with Gasteiger partial charge in [0.15, 0.2) is 0 Å². The predicted octanol–water partition coefficient (Wildman–Crippen LogP) is 2.60. The lowest BCUT2D eigenvalue weighted by Crippen LogP contribution is -2.19. The van der Waals surface area contributed by atoms with Gasteiger partial charge < -0.3 is 15.2 Å². The monoisotopic (exact) mass is 313 g/mol. The molecular formula is C17H19N3O3. The van der Waals surface area contributed by atoms with Crippen LogP contribution in [0.1, 0.15) is 39.7 Å². The normalized spacial score (nSPS) is 16.7. The number of fused-ring (bicyclic) bond motifs is 1. The second kappa shape index (κ2) is 6.75. The summed E-state index contributed by atoms with van der Waals surface area (Å²) >= 11 is 0. The zero-order chi connectivity index (χ0) is 16.2. The number of aromatic carboxylic acids is 1. The molecule has 6 nitrogen and oxygen atoms in total. The van der Waals surface area contributed by atoms with E-state index in [2.05, 4.69) is 33.5 Å². The van der Waals surface area contributed by atoms with Gasteiger partial charge in [-0.05, 0) is 30.9 Å². The van der Waals surface area contributed by atoms with Crippen LogP contribution >= 0.6 is 0 Å². The van der Waals surface area contributed by atoms with Gasteiger partial charge in [0.2, 0.25) is 5.95 Å². The molecule has 1 atom stereocenters. The number of hydrogen-bond donors (Lipinski definition) is 2. The van der Waals surface area contributed by atoms with Gasteiger partial charge in [0.05, 0.1) is 24.0 Å². The van der Waals surface area contributed by atoms with Crippen LogP contribution in [0.5, 0.6) is 0 Å². The molecule has 23 heavy (non-hydrogen) atoms. The molecule has 2 N–H and O–H groups in total. The predicted molar refractivity (Wildman–Crippen MR) is 85.7 cm³/mol. The van der Waals surface area contributed by atoms with Crippen molar-refractivity contribution in [2.75, 3.05) is 18.5 Å². The summed E-state index contributed by atoms with van der Waals surface area (Å²) in [7, 11) is 0. The first kappa shape index (κ1) is 15.4. The average Bonchev–Trinajstić information content (AvgIpc) is 2.55. The Bertz CT molecular complexity index is 718. The molecule has 0 saturated heterocycles. The number of carbonyl (C=O) groups is 1. The summed E-state index contributed by atoms with van der Waals surface area (Å²) in [5, 5.41) is 12.1. The van der Waals surface area contributed by atoms with Gasteiger partial charge in [-0.15, -0.1) is 0 Å². The lowest BCUT2D eigenvalue weighted by Gasteiger charge is -2.26. The molecule has 120 valence electrons. The number of anilines is 1. The lowest BCUT2D eigenvalue weighted by atomic mass is 9.96. The SMILES string of the molecule is Cc1nc(NCCC2OCCc3ccccc32)ncc1C(=O)O. The summed E-state index contributed by atoms with van der Waals surface area (Å²) < 4.78 is 5.86. The summed E-state index contributed by atoms with van der Waals surface area (Å²) in [6, 6.07) is 8.35. The number of hydrogen-bond acceptors (Lipinski definition) is 5. The fourth-order valence-electron chi connectivity index (χ4n) is 2.79. The van der Waals surface area contributed by atoms with Crippen molar-refractivity contribution in [1.82, 2.24) is 9.97 Å². The Morgan fingerprint density at radius 1 is 1.43 bits per heavy atom. The van der Waals surface area contributed by atoms with Crippen LogP contribution in [0.3, 0.4) is 0 Å². The summed E-state index contributed by atoms with van der Waals surface area (Å²) in [4.78, 5) is 19.2. The van der Waals surface area contributed by atoms with E-state index in [4.69, 9.17) is 9.84 Å². The van der Waals surface area contributed by atoms with Crippen LogP contribution in [0, 0.1) is 6.92 Å². The number of benzene rings is 1. The smallest absolute Gasteiger partial charge is 0.339 e. The first-order valence-electron chi connectivity index (χ1n) is 7.65. The van der Waals surface area contributed by atoms with Gasteiger partial charge in [-0.1, -0.05) is 24.3 Å². The number of nitrogens with one attached hydrogen (secondary N) is 1. The van der Waals surface area contributed by atoms with Crippen molar-refractivity contribution in [2.45, 2.75) is 25.9 Å². The second-order valence-electron chi connectivity index (χ2n) is 5.52. The van der Waals surface area contributed by atoms with Crippen molar-refractivity contribution >= 4 is 11.9 Å². The highest BCUT2D eigenvalue weighted by Gasteiger charge is 2.20. The first-order chi connectivity index (χ1) is 11.1. The topological polar surface area (TPSA) is 84.3 Å². The average molecular weight is 313 g/mol. The fraction of sp³-hybridized carbons (Fsp3) is 0.353. The largest absolute Gasteiger partial charge is 0.478 e. The van der Waals surface area contributed by atoms with Gasteiger partial charge in [0, 0.05) is 12.7 Å². The third-order valence-corrected chi connectivity index (χ3v) is 3.99. The van der Waals surface area contributed by atoms with Crippen LogP contribution in [0.2, 0.25) is 0 Å². The first-order valence-corrected chi connectivity index (χ1v) is 7.65. The number of aryl methyl sites for hydroxylation is 1.